The van der Waals surface area contributed by atoms with Gasteiger partial charge in [-0.15, -0.1) is 0 Å². The van der Waals surface area contributed by atoms with Crippen molar-refractivity contribution in [1.29, 1.82) is 0 Å². The number of aromatic nitrogens is 1. The van der Waals surface area contributed by atoms with Gasteiger partial charge in [0.15, 0.2) is 0 Å². The first-order chi connectivity index (χ1) is 4.86. The second-order valence-corrected chi connectivity index (χ2v) is 5.72. The van der Waals surface area contributed by atoms with Crippen molar-refractivity contribution in [2.24, 2.45) is 7.05 Å². The molecular formula is C8H8INTe. The smallest absolute Gasteiger partial charge is 1.00 e. The molecule has 0 fully saturated rings. The molecule has 1 heterocycles. The van der Waals surface area contributed by atoms with Crippen molar-refractivity contribution in [3.05, 3.63) is 30.5 Å². The van der Waals surface area contributed by atoms with Gasteiger partial charge in [0.05, 0.1) is 0 Å². The molecule has 0 N–H and O–H groups in total. The van der Waals surface area contributed by atoms with Crippen LogP contribution in [0.4, 0.5) is 0 Å². The molecule has 1 aromatic carbocycles. The van der Waals surface area contributed by atoms with E-state index in [1.54, 1.807) is 3.40 Å². The minimum Gasteiger partial charge on any atom is -1.00 e. The third-order valence-electron chi connectivity index (χ3n) is 1.48. The molecule has 0 saturated heterocycles. The van der Waals surface area contributed by atoms with Crippen molar-refractivity contribution in [2.75, 3.05) is 0 Å². The summed E-state index contributed by atoms with van der Waals surface area (Å²) in [6.07, 6.45) is 2.23. The Morgan fingerprint density at radius 3 is 2.73 bits per heavy atom. The number of aryl methyl sites for hydroxylation is 1. The average molecular weight is 373 g/mol. The van der Waals surface area contributed by atoms with Gasteiger partial charge in [0.1, 0.15) is 0 Å². The van der Waals surface area contributed by atoms with Crippen molar-refractivity contribution in [1.82, 2.24) is 0 Å². The first kappa shape index (κ1) is 9.50. The third-order valence-corrected chi connectivity index (χ3v) is 4.23. The van der Waals surface area contributed by atoms with E-state index in [0.717, 1.165) is 0 Å². The molecule has 0 aliphatic heterocycles. The van der Waals surface area contributed by atoms with Crippen LogP contribution >= 0.6 is 0 Å². The Hall–Kier alpha value is 0.410. The molecule has 2 rings (SSSR count). The maximum Gasteiger partial charge on any atom is -1.00 e. The molecule has 0 aliphatic carbocycles. The second-order valence-electron chi connectivity index (χ2n) is 2.30. The normalized spacial score (nSPS) is 9.55. The van der Waals surface area contributed by atoms with Crippen LogP contribution in [0.15, 0.2) is 30.5 Å². The zero-order chi connectivity index (χ0) is 6.97. The zero-order valence-electron chi connectivity index (χ0n) is 6.12. The molecule has 0 atom stereocenters. The summed E-state index contributed by atoms with van der Waals surface area (Å²) >= 11 is -0.0313. The fourth-order valence-electron chi connectivity index (χ4n) is 1.05. The third kappa shape index (κ3) is 1.95. The standard InChI is InChI=1S/C8H8NTe.HI/c1-9-6-7-4-2-3-5-8(7)10-9;/h2-6H,1H3;1H/q+1;/p-1. The van der Waals surface area contributed by atoms with Gasteiger partial charge < -0.3 is 24.0 Å². The minimum absolute atomic E-state index is 0. The maximum atomic E-state index is 2.33. The molecule has 0 amide bonds. The Morgan fingerprint density at radius 1 is 1.27 bits per heavy atom. The topological polar surface area (TPSA) is 3.88 Å². The summed E-state index contributed by atoms with van der Waals surface area (Å²) in [5.41, 5.74) is 0. The molecule has 0 unspecified atom stereocenters. The van der Waals surface area contributed by atoms with Gasteiger partial charge in [-0.25, -0.2) is 0 Å². The molecule has 1 nitrogen and oxygen atoms in total. The van der Waals surface area contributed by atoms with Crippen LogP contribution in [0, 0.1) is 0 Å². The molecule has 0 bridgehead atoms. The van der Waals surface area contributed by atoms with Crippen molar-refractivity contribution >= 4 is 29.5 Å². The summed E-state index contributed by atoms with van der Waals surface area (Å²) in [6.45, 7) is 0. The predicted octanol–water partition coefficient (Wildman–Crippen LogP) is -2.27. The van der Waals surface area contributed by atoms with E-state index < -0.39 is 0 Å². The van der Waals surface area contributed by atoms with Crippen molar-refractivity contribution in [3.8, 4) is 0 Å². The number of nitrogens with zero attached hydrogens (tertiary/aromatic N) is 1. The number of hydrogen-bond donors (Lipinski definition) is 0. The van der Waals surface area contributed by atoms with Gasteiger partial charge in [-0.05, 0) is 0 Å². The second kappa shape index (κ2) is 3.88. The number of fused-ring (bicyclic) bond motifs is 1. The van der Waals surface area contributed by atoms with E-state index in [4.69, 9.17) is 0 Å². The molecule has 58 valence electrons. The summed E-state index contributed by atoms with van der Waals surface area (Å²) in [6, 6.07) is 8.64. The Bertz CT molecular complexity index is 323. The SMILES string of the molecule is C[n+]1cc2ccccc2[te]1.[I-]. The van der Waals surface area contributed by atoms with E-state index >= 15 is 0 Å². The van der Waals surface area contributed by atoms with Crippen LogP contribution < -0.4 is 26.8 Å². The van der Waals surface area contributed by atoms with Gasteiger partial charge in [-0.2, -0.15) is 0 Å². The van der Waals surface area contributed by atoms with E-state index in [0.29, 0.717) is 0 Å². The number of hydrogen-bond acceptors (Lipinski definition) is 0. The molecule has 11 heavy (non-hydrogen) atoms. The zero-order valence-corrected chi connectivity index (χ0v) is 10.6. The van der Waals surface area contributed by atoms with Gasteiger partial charge in [0, 0.05) is 0 Å². The summed E-state index contributed by atoms with van der Waals surface area (Å²) < 4.78 is 3.89. The van der Waals surface area contributed by atoms with E-state index in [1.807, 2.05) is 0 Å². The first-order valence-electron chi connectivity index (χ1n) is 3.21. The molecular weight excluding hydrogens is 365 g/mol. The Morgan fingerprint density at radius 2 is 2.00 bits per heavy atom. The fourth-order valence-corrected chi connectivity index (χ4v) is 3.45. The van der Waals surface area contributed by atoms with Gasteiger partial charge in [0.25, 0.3) is 0 Å². The van der Waals surface area contributed by atoms with Gasteiger partial charge in [0.2, 0.25) is 0 Å². The van der Waals surface area contributed by atoms with E-state index in [9.17, 15) is 0 Å². The predicted molar refractivity (Wildman–Crippen MR) is 42.1 cm³/mol. The van der Waals surface area contributed by atoms with Crippen LogP contribution in [0.3, 0.4) is 0 Å². The fraction of sp³-hybridized carbons (Fsp3) is 0.125. The Labute approximate surface area is 93.0 Å². The van der Waals surface area contributed by atoms with Crippen LogP contribution in [0.25, 0.3) is 8.79 Å². The Kier molecular flexibility index (Phi) is 3.35. The molecule has 0 aliphatic rings. The van der Waals surface area contributed by atoms with Crippen molar-refractivity contribution < 1.29 is 26.8 Å². The maximum absolute atomic E-state index is 2.33. The average Bonchev–Trinajstić information content (AvgIpc) is 2.27. The molecule has 1 aromatic heterocycles. The van der Waals surface area contributed by atoms with Crippen molar-refractivity contribution in [3.63, 3.8) is 0 Å². The summed E-state index contributed by atoms with van der Waals surface area (Å²) in [4.78, 5) is 0. The van der Waals surface area contributed by atoms with E-state index in [1.165, 1.54) is 5.39 Å². The summed E-state index contributed by atoms with van der Waals surface area (Å²) in [5.74, 6) is 0. The quantitative estimate of drug-likeness (QED) is 0.363. The van der Waals surface area contributed by atoms with E-state index in [-0.39, 0.29) is 44.7 Å². The largest absolute Gasteiger partial charge is 1.00 e. The number of benzene rings is 1. The van der Waals surface area contributed by atoms with Crippen LogP contribution in [0.5, 0.6) is 0 Å². The van der Waals surface area contributed by atoms with Crippen molar-refractivity contribution in [2.45, 2.75) is 0 Å². The van der Waals surface area contributed by atoms with Crippen LogP contribution in [-0.2, 0) is 7.05 Å². The summed E-state index contributed by atoms with van der Waals surface area (Å²) in [5, 5.41) is 1.42. The molecule has 3 heteroatoms. The number of rotatable bonds is 0. The monoisotopic (exact) mass is 375 g/mol. The summed E-state index contributed by atoms with van der Waals surface area (Å²) in [7, 11) is 2.15. The molecule has 0 spiro atoms. The minimum atomic E-state index is -0.0313. The van der Waals surface area contributed by atoms with Gasteiger partial charge >= 0.3 is 69.8 Å². The van der Waals surface area contributed by atoms with Gasteiger partial charge in [-0.1, -0.05) is 0 Å². The van der Waals surface area contributed by atoms with Crippen LogP contribution in [0.2, 0.25) is 0 Å². The molecule has 0 radical (unpaired) electrons. The van der Waals surface area contributed by atoms with Gasteiger partial charge in [-0.3, -0.25) is 0 Å². The number of halogens is 1. The van der Waals surface area contributed by atoms with Crippen LogP contribution in [0.1, 0.15) is 0 Å². The van der Waals surface area contributed by atoms with E-state index in [2.05, 4.69) is 40.3 Å². The first-order valence-corrected chi connectivity index (χ1v) is 5.42. The molecule has 0 saturated carbocycles. The Balaban J connectivity index is 0.000000605. The molecule has 2 aromatic rings. The van der Waals surface area contributed by atoms with Crippen LogP contribution in [-0.4, -0.2) is 20.7 Å².